The maximum absolute atomic E-state index is 10.7. The lowest BCUT2D eigenvalue weighted by Gasteiger charge is -2.28. The predicted molar refractivity (Wildman–Crippen MR) is 77.4 cm³/mol. The Labute approximate surface area is 115 Å². The van der Waals surface area contributed by atoms with E-state index in [-0.39, 0.29) is 6.42 Å². The summed E-state index contributed by atoms with van der Waals surface area (Å²) >= 11 is 0. The molecule has 1 fully saturated rings. The molecule has 1 N–H and O–H groups in total. The third-order valence-corrected chi connectivity index (χ3v) is 4.35. The molecule has 1 aliphatic carbocycles. The van der Waals surface area contributed by atoms with Gasteiger partial charge in [0.15, 0.2) is 0 Å². The molecule has 0 saturated heterocycles. The number of carbonyl (C=O) groups is 1. The van der Waals surface area contributed by atoms with E-state index >= 15 is 0 Å². The van der Waals surface area contributed by atoms with E-state index in [2.05, 4.69) is 19.1 Å². The van der Waals surface area contributed by atoms with Crippen LogP contribution in [-0.4, -0.2) is 11.1 Å². The molecule has 104 valence electrons. The normalized spacial score (nSPS) is 23.2. The van der Waals surface area contributed by atoms with Crippen molar-refractivity contribution in [2.45, 2.75) is 57.8 Å². The van der Waals surface area contributed by atoms with Crippen LogP contribution in [0, 0.1) is 5.92 Å². The fourth-order valence-corrected chi connectivity index (χ4v) is 3.27. The van der Waals surface area contributed by atoms with Crippen LogP contribution in [0.3, 0.4) is 0 Å². The highest BCUT2D eigenvalue weighted by Crippen LogP contribution is 2.37. The van der Waals surface area contributed by atoms with Crippen LogP contribution in [0.4, 0.5) is 0 Å². The summed E-state index contributed by atoms with van der Waals surface area (Å²) in [5.41, 5.74) is 2.29. The number of hydrogen-bond donors (Lipinski definition) is 1. The highest BCUT2D eigenvalue weighted by Gasteiger charge is 2.21. The molecule has 0 atom stereocenters. The molecule has 0 unspecified atom stereocenters. The van der Waals surface area contributed by atoms with Crippen LogP contribution in [-0.2, 0) is 11.2 Å². The van der Waals surface area contributed by atoms with Gasteiger partial charge >= 0.3 is 5.97 Å². The van der Waals surface area contributed by atoms with Crippen molar-refractivity contribution in [1.82, 2.24) is 0 Å². The van der Waals surface area contributed by atoms with Gasteiger partial charge in [0.1, 0.15) is 0 Å². The number of rotatable bonds is 5. The summed E-state index contributed by atoms with van der Waals surface area (Å²) in [6.45, 7) is 2.27. The van der Waals surface area contributed by atoms with Gasteiger partial charge in [-0.05, 0) is 48.6 Å². The number of aliphatic carboxylic acids is 1. The van der Waals surface area contributed by atoms with Gasteiger partial charge in [0.2, 0.25) is 0 Å². The van der Waals surface area contributed by atoms with Gasteiger partial charge in [-0.1, -0.05) is 44.0 Å². The monoisotopic (exact) mass is 260 g/mol. The first-order valence-corrected chi connectivity index (χ1v) is 7.49. The lowest BCUT2D eigenvalue weighted by Crippen LogP contribution is -2.13. The van der Waals surface area contributed by atoms with Crippen LogP contribution in [0.2, 0.25) is 0 Å². The number of carboxylic acid groups (broad SMARTS) is 1. The maximum atomic E-state index is 10.7. The zero-order valence-corrected chi connectivity index (χ0v) is 11.8. The van der Waals surface area contributed by atoms with Crippen LogP contribution in [0.5, 0.6) is 0 Å². The Bertz CT molecular complexity index is 400. The Kier molecular flexibility index (Phi) is 5.00. The molecule has 0 heterocycles. The quantitative estimate of drug-likeness (QED) is 0.852. The first-order valence-electron chi connectivity index (χ1n) is 7.49. The molecule has 0 spiro atoms. The van der Waals surface area contributed by atoms with E-state index in [0.717, 1.165) is 11.5 Å². The summed E-state index contributed by atoms with van der Waals surface area (Å²) in [6, 6.07) is 8.20. The molecule has 0 aliphatic heterocycles. The third-order valence-electron chi connectivity index (χ3n) is 4.35. The summed E-state index contributed by atoms with van der Waals surface area (Å²) in [7, 11) is 0. The van der Waals surface area contributed by atoms with E-state index in [9.17, 15) is 4.79 Å². The molecule has 1 aromatic carbocycles. The van der Waals surface area contributed by atoms with Crippen LogP contribution in [0.25, 0.3) is 0 Å². The van der Waals surface area contributed by atoms with E-state index in [0.29, 0.717) is 5.92 Å². The molecule has 19 heavy (non-hydrogen) atoms. The highest BCUT2D eigenvalue weighted by atomic mass is 16.4. The van der Waals surface area contributed by atoms with E-state index in [1.165, 1.54) is 44.1 Å². The molecular formula is C17H24O2. The van der Waals surface area contributed by atoms with Gasteiger partial charge in [0, 0.05) is 0 Å². The van der Waals surface area contributed by atoms with E-state index in [1.807, 2.05) is 12.1 Å². The van der Waals surface area contributed by atoms with Crippen LogP contribution < -0.4 is 0 Å². The lowest BCUT2D eigenvalue weighted by molar-refractivity contribution is -0.136. The van der Waals surface area contributed by atoms with Gasteiger partial charge in [-0.2, -0.15) is 0 Å². The standard InChI is InChI=1S/C17H24O2/c1-2-3-13-4-8-15(9-5-13)16-10-6-14(7-11-16)12-17(18)19/h6-7,10-11,13,15H,2-5,8-9,12H2,1H3,(H,18,19). The lowest BCUT2D eigenvalue weighted by atomic mass is 9.77. The van der Waals surface area contributed by atoms with Gasteiger partial charge in [-0.3, -0.25) is 4.79 Å². The molecule has 2 heteroatoms. The predicted octanol–water partition coefficient (Wildman–Crippen LogP) is 4.39. The summed E-state index contributed by atoms with van der Waals surface area (Å²) in [5.74, 6) is 0.868. The van der Waals surface area contributed by atoms with Crippen LogP contribution in [0.15, 0.2) is 24.3 Å². The minimum absolute atomic E-state index is 0.128. The van der Waals surface area contributed by atoms with Crippen molar-refractivity contribution >= 4 is 5.97 Å². The Balaban J connectivity index is 1.90. The first kappa shape index (κ1) is 14.1. The Morgan fingerprint density at radius 1 is 1.16 bits per heavy atom. The van der Waals surface area contributed by atoms with Gasteiger partial charge in [-0.15, -0.1) is 0 Å². The highest BCUT2D eigenvalue weighted by molar-refractivity contribution is 5.70. The zero-order valence-electron chi connectivity index (χ0n) is 11.8. The number of hydrogen-bond acceptors (Lipinski definition) is 1. The fourth-order valence-electron chi connectivity index (χ4n) is 3.27. The first-order chi connectivity index (χ1) is 9.19. The Morgan fingerprint density at radius 3 is 2.32 bits per heavy atom. The summed E-state index contributed by atoms with van der Waals surface area (Å²) < 4.78 is 0. The average molecular weight is 260 g/mol. The van der Waals surface area contributed by atoms with Gasteiger partial charge in [-0.25, -0.2) is 0 Å². The number of carboxylic acids is 1. The van der Waals surface area contributed by atoms with Crippen molar-refractivity contribution in [2.75, 3.05) is 0 Å². The van der Waals surface area contributed by atoms with E-state index in [4.69, 9.17) is 5.11 Å². The second kappa shape index (κ2) is 6.74. The molecule has 1 saturated carbocycles. The third kappa shape index (κ3) is 4.09. The van der Waals surface area contributed by atoms with Crippen molar-refractivity contribution < 1.29 is 9.90 Å². The Hall–Kier alpha value is -1.31. The van der Waals surface area contributed by atoms with Crippen molar-refractivity contribution in [2.24, 2.45) is 5.92 Å². The van der Waals surface area contributed by atoms with Crippen molar-refractivity contribution in [3.63, 3.8) is 0 Å². The van der Waals surface area contributed by atoms with Gasteiger partial charge in [0.25, 0.3) is 0 Å². The van der Waals surface area contributed by atoms with Crippen LogP contribution in [0.1, 0.15) is 62.5 Å². The van der Waals surface area contributed by atoms with E-state index in [1.54, 1.807) is 0 Å². The average Bonchev–Trinajstić information content (AvgIpc) is 2.40. The molecule has 2 nitrogen and oxygen atoms in total. The van der Waals surface area contributed by atoms with E-state index < -0.39 is 5.97 Å². The molecule has 1 aliphatic rings. The van der Waals surface area contributed by atoms with Gasteiger partial charge < -0.3 is 5.11 Å². The molecular weight excluding hydrogens is 236 g/mol. The van der Waals surface area contributed by atoms with Crippen molar-refractivity contribution in [3.05, 3.63) is 35.4 Å². The Morgan fingerprint density at radius 2 is 1.79 bits per heavy atom. The molecule has 2 rings (SSSR count). The fraction of sp³-hybridized carbons (Fsp3) is 0.588. The topological polar surface area (TPSA) is 37.3 Å². The second-order valence-electron chi connectivity index (χ2n) is 5.82. The molecule has 0 radical (unpaired) electrons. The van der Waals surface area contributed by atoms with Crippen molar-refractivity contribution in [1.29, 1.82) is 0 Å². The molecule has 1 aromatic rings. The summed E-state index contributed by atoms with van der Waals surface area (Å²) in [5, 5.41) is 8.76. The smallest absolute Gasteiger partial charge is 0.307 e. The minimum atomic E-state index is -0.757. The second-order valence-corrected chi connectivity index (χ2v) is 5.82. The SMILES string of the molecule is CCCC1CCC(c2ccc(CC(=O)O)cc2)CC1. The molecule has 0 bridgehead atoms. The summed E-state index contributed by atoms with van der Waals surface area (Å²) in [6.07, 6.45) is 8.11. The van der Waals surface area contributed by atoms with Crippen LogP contribution >= 0.6 is 0 Å². The molecule has 0 amide bonds. The van der Waals surface area contributed by atoms with Gasteiger partial charge in [0.05, 0.1) is 6.42 Å². The minimum Gasteiger partial charge on any atom is -0.481 e. The number of benzene rings is 1. The maximum Gasteiger partial charge on any atom is 0.307 e. The largest absolute Gasteiger partial charge is 0.481 e. The molecule has 0 aromatic heterocycles. The zero-order chi connectivity index (χ0) is 13.7. The summed E-state index contributed by atoms with van der Waals surface area (Å²) in [4.78, 5) is 10.7. The van der Waals surface area contributed by atoms with Crippen molar-refractivity contribution in [3.8, 4) is 0 Å².